The Morgan fingerprint density at radius 2 is 1.67 bits per heavy atom. The molecule has 0 bridgehead atoms. The van der Waals surface area contributed by atoms with Gasteiger partial charge in [-0.2, -0.15) is 0 Å². The van der Waals surface area contributed by atoms with E-state index in [2.05, 4.69) is 0 Å². The van der Waals surface area contributed by atoms with Crippen molar-refractivity contribution in [2.45, 2.75) is 52.6 Å². The van der Waals surface area contributed by atoms with E-state index in [1.807, 2.05) is 43.3 Å². The third kappa shape index (κ3) is 6.09. The number of benzene rings is 3. The lowest BCUT2D eigenvalue weighted by atomic mass is 9.89. The Bertz CT molecular complexity index is 1360. The van der Waals surface area contributed by atoms with Crippen LogP contribution in [-0.2, 0) is 9.59 Å². The molecule has 2 atom stereocenters. The molecule has 8 heteroatoms. The summed E-state index contributed by atoms with van der Waals surface area (Å²) in [6.07, 6.45) is 1.06. The molecular formula is C31H34ClN3O4. The van der Waals surface area contributed by atoms with Gasteiger partial charge in [-0.25, -0.2) is 0 Å². The zero-order chi connectivity index (χ0) is 28.3. The molecule has 0 aliphatic carbocycles. The lowest BCUT2D eigenvalue weighted by Crippen LogP contribution is -2.47. The first kappa shape index (κ1) is 28.2. The maximum atomic E-state index is 13.8. The molecule has 0 spiro atoms. The van der Waals surface area contributed by atoms with Gasteiger partial charge in [0.25, 0.3) is 5.91 Å². The molecule has 3 aromatic carbocycles. The van der Waals surface area contributed by atoms with E-state index in [1.54, 1.807) is 67.0 Å². The van der Waals surface area contributed by atoms with E-state index in [4.69, 9.17) is 22.1 Å². The Balaban J connectivity index is 1.57. The van der Waals surface area contributed by atoms with Crippen molar-refractivity contribution >= 4 is 40.7 Å². The number of hydrogen-bond donors (Lipinski definition) is 1. The molecule has 3 amide bonds. The molecular weight excluding hydrogens is 514 g/mol. The average Bonchev–Trinajstić information content (AvgIpc) is 2.89. The number of amides is 3. The van der Waals surface area contributed by atoms with Gasteiger partial charge in [0, 0.05) is 40.3 Å². The van der Waals surface area contributed by atoms with Crippen molar-refractivity contribution in [1.82, 2.24) is 0 Å². The molecule has 0 saturated carbocycles. The number of nitrogens with two attached hydrogens (primary N) is 1. The number of anilines is 2. The highest BCUT2D eigenvalue weighted by Crippen LogP contribution is 2.43. The summed E-state index contributed by atoms with van der Waals surface area (Å²) >= 11 is 6.09. The van der Waals surface area contributed by atoms with Crippen LogP contribution in [0.15, 0.2) is 72.8 Å². The van der Waals surface area contributed by atoms with Gasteiger partial charge in [-0.05, 0) is 79.9 Å². The Morgan fingerprint density at radius 1 is 1.03 bits per heavy atom. The van der Waals surface area contributed by atoms with Crippen LogP contribution in [0.25, 0.3) is 0 Å². The minimum absolute atomic E-state index is 0.0843. The first-order valence-corrected chi connectivity index (χ1v) is 13.4. The highest BCUT2D eigenvalue weighted by molar-refractivity contribution is 6.30. The van der Waals surface area contributed by atoms with Crippen molar-refractivity contribution in [3.05, 3.63) is 88.9 Å². The quantitative estimate of drug-likeness (QED) is 0.366. The first-order chi connectivity index (χ1) is 18.5. The second kappa shape index (κ2) is 11.5. The summed E-state index contributed by atoms with van der Waals surface area (Å²) in [7, 11) is 0. The van der Waals surface area contributed by atoms with E-state index in [0.29, 0.717) is 35.8 Å². The average molecular weight is 548 g/mol. The maximum Gasteiger partial charge on any atom is 0.258 e. The van der Waals surface area contributed by atoms with Crippen LogP contribution in [0.5, 0.6) is 5.75 Å². The van der Waals surface area contributed by atoms with Gasteiger partial charge in [0.2, 0.25) is 11.8 Å². The van der Waals surface area contributed by atoms with Crippen molar-refractivity contribution in [2.75, 3.05) is 16.4 Å². The standard InChI is InChI=1S/C31H34ClN3O4/c1-20-19-28(35(21(2)36)24-13-11-23(32)12-14-24)26-7-5-6-8-27(26)34(20)29(37)22-9-15-25(16-10-22)39-18-17-31(3,4)30(33)38/h5-16,20,28H,17-19H2,1-4H3,(H2,33,38)/t20-,28+/m0/s1. The lowest BCUT2D eigenvalue weighted by Gasteiger charge is -2.43. The van der Waals surface area contributed by atoms with Crippen LogP contribution >= 0.6 is 11.6 Å². The summed E-state index contributed by atoms with van der Waals surface area (Å²) < 4.78 is 5.78. The van der Waals surface area contributed by atoms with Crippen LogP contribution in [0, 0.1) is 5.41 Å². The third-order valence-electron chi connectivity index (χ3n) is 7.30. The molecule has 0 saturated heterocycles. The van der Waals surface area contributed by atoms with Crippen LogP contribution in [0.4, 0.5) is 11.4 Å². The van der Waals surface area contributed by atoms with Crippen LogP contribution in [0.1, 0.15) is 62.5 Å². The minimum Gasteiger partial charge on any atom is -0.494 e. The minimum atomic E-state index is -0.656. The monoisotopic (exact) mass is 547 g/mol. The van der Waals surface area contributed by atoms with Crippen molar-refractivity contribution < 1.29 is 19.1 Å². The molecule has 2 N–H and O–H groups in total. The van der Waals surface area contributed by atoms with Crippen LogP contribution in [-0.4, -0.2) is 30.4 Å². The largest absolute Gasteiger partial charge is 0.494 e. The smallest absolute Gasteiger partial charge is 0.258 e. The number of hydrogen-bond acceptors (Lipinski definition) is 4. The Labute approximate surface area is 234 Å². The number of ether oxygens (including phenoxy) is 1. The van der Waals surface area contributed by atoms with Gasteiger partial charge in [-0.15, -0.1) is 0 Å². The number of carbonyl (C=O) groups is 3. The van der Waals surface area contributed by atoms with E-state index in [9.17, 15) is 14.4 Å². The molecule has 7 nitrogen and oxygen atoms in total. The van der Waals surface area contributed by atoms with Crippen LogP contribution < -0.4 is 20.3 Å². The zero-order valence-electron chi connectivity index (χ0n) is 22.7. The summed E-state index contributed by atoms with van der Waals surface area (Å²) in [4.78, 5) is 41.7. The summed E-state index contributed by atoms with van der Waals surface area (Å²) in [6.45, 7) is 7.46. The fourth-order valence-electron chi connectivity index (χ4n) is 4.90. The van der Waals surface area contributed by atoms with E-state index in [-0.39, 0.29) is 29.8 Å². The number of carbonyl (C=O) groups excluding carboxylic acids is 3. The summed E-state index contributed by atoms with van der Waals surface area (Å²) in [6, 6.07) is 21.5. The van der Waals surface area contributed by atoms with Crippen LogP contribution in [0.3, 0.4) is 0 Å². The molecule has 0 unspecified atom stereocenters. The van der Waals surface area contributed by atoms with Crippen molar-refractivity contribution in [2.24, 2.45) is 11.1 Å². The normalized spacial score (nSPS) is 16.8. The summed E-state index contributed by atoms with van der Waals surface area (Å²) in [5.74, 6) is 0.0263. The molecule has 0 aromatic heterocycles. The van der Waals surface area contributed by atoms with Gasteiger partial charge >= 0.3 is 0 Å². The molecule has 1 heterocycles. The molecule has 1 aliphatic rings. The molecule has 204 valence electrons. The third-order valence-corrected chi connectivity index (χ3v) is 7.55. The second-order valence-corrected chi connectivity index (χ2v) is 11.0. The van der Waals surface area contributed by atoms with E-state index < -0.39 is 5.41 Å². The van der Waals surface area contributed by atoms with Gasteiger partial charge in [-0.3, -0.25) is 14.4 Å². The lowest BCUT2D eigenvalue weighted by molar-refractivity contribution is -0.126. The van der Waals surface area contributed by atoms with E-state index in [1.165, 1.54) is 0 Å². The molecule has 39 heavy (non-hydrogen) atoms. The second-order valence-electron chi connectivity index (χ2n) is 10.6. The summed E-state index contributed by atoms with van der Waals surface area (Å²) in [5, 5.41) is 0.599. The highest BCUT2D eigenvalue weighted by Gasteiger charge is 2.38. The zero-order valence-corrected chi connectivity index (χ0v) is 23.4. The van der Waals surface area contributed by atoms with Gasteiger partial charge in [0.15, 0.2) is 0 Å². The topological polar surface area (TPSA) is 92.9 Å². The predicted molar refractivity (Wildman–Crippen MR) is 154 cm³/mol. The Kier molecular flexibility index (Phi) is 8.31. The van der Waals surface area contributed by atoms with Crippen LogP contribution in [0.2, 0.25) is 5.02 Å². The predicted octanol–water partition coefficient (Wildman–Crippen LogP) is 6.15. The van der Waals surface area contributed by atoms with Crippen molar-refractivity contribution in [3.8, 4) is 5.75 Å². The number of fused-ring (bicyclic) bond motifs is 1. The van der Waals surface area contributed by atoms with Gasteiger partial charge in [0.05, 0.1) is 12.6 Å². The Morgan fingerprint density at radius 3 is 2.28 bits per heavy atom. The number of primary amides is 1. The Hall–Kier alpha value is -3.84. The van der Waals surface area contributed by atoms with E-state index in [0.717, 1.165) is 16.9 Å². The molecule has 0 fully saturated rings. The maximum absolute atomic E-state index is 13.8. The fraction of sp³-hybridized carbons (Fsp3) is 0.323. The SMILES string of the molecule is CC(=O)N(c1ccc(Cl)cc1)[C@@H]1C[C@H](C)N(C(=O)c2ccc(OCCC(C)(C)C(N)=O)cc2)c2ccccc21. The van der Waals surface area contributed by atoms with Crippen molar-refractivity contribution in [1.29, 1.82) is 0 Å². The molecule has 3 aromatic rings. The summed E-state index contributed by atoms with van der Waals surface area (Å²) in [5.41, 5.74) is 7.75. The van der Waals surface area contributed by atoms with E-state index >= 15 is 0 Å². The molecule has 0 radical (unpaired) electrons. The van der Waals surface area contributed by atoms with Gasteiger partial charge in [-0.1, -0.05) is 43.6 Å². The fourth-order valence-corrected chi connectivity index (χ4v) is 5.02. The van der Waals surface area contributed by atoms with Crippen molar-refractivity contribution in [3.63, 3.8) is 0 Å². The highest BCUT2D eigenvalue weighted by atomic mass is 35.5. The molecule has 4 rings (SSSR count). The number of halogens is 1. The number of para-hydroxylation sites is 1. The van der Waals surface area contributed by atoms with Gasteiger partial charge in [0.1, 0.15) is 5.75 Å². The number of rotatable bonds is 8. The number of nitrogens with zero attached hydrogens (tertiary/aromatic N) is 2. The first-order valence-electron chi connectivity index (χ1n) is 13.0. The van der Waals surface area contributed by atoms with Gasteiger partial charge < -0.3 is 20.3 Å². The molecule has 1 aliphatic heterocycles.